The molecule has 0 radical (unpaired) electrons. The lowest BCUT2D eigenvalue weighted by Gasteiger charge is -2.15. The molecule has 1 N–H and O–H groups in total. The summed E-state index contributed by atoms with van der Waals surface area (Å²) in [6, 6.07) is 25.3. The number of hydrogen-bond donors (Lipinski definition) is 1. The van der Waals surface area contributed by atoms with Gasteiger partial charge in [-0.05, 0) is 58.8 Å². The van der Waals surface area contributed by atoms with Gasteiger partial charge in [-0.15, -0.1) is 11.6 Å². The summed E-state index contributed by atoms with van der Waals surface area (Å²) >= 11 is 12.3. The van der Waals surface area contributed by atoms with E-state index in [1.54, 1.807) is 19.4 Å². The zero-order chi connectivity index (χ0) is 26.5. The molecule has 5 aromatic rings. The zero-order valence-corrected chi connectivity index (χ0v) is 22.0. The summed E-state index contributed by atoms with van der Waals surface area (Å²) < 4.78 is 17.2. The highest BCUT2D eigenvalue weighted by atomic mass is 35.5. The van der Waals surface area contributed by atoms with Crippen LogP contribution in [0.5, 0.6) is 17.2 Å². The number of aromatic nitrogens is 1. The summed E-state index contributed by atoms with van der Waals surface area (Å²) in [5, 5.41) is 16.3. The highest BCUT2D eigenvalue weighted by molar-refractivity contribution is 6.32. The molecule has 38 heavy (non-hydrogen) atoms. The smallest absolute Gasteiger partial charge is 0.161 e. The SMILES string of the molecule is COc1cc2cc3c(Nc4ccc(OCc5ccccc5)c(Cl)c4)c(C#N)cnc3cc2cc1OCCCl. The highest BCUT2D eigenvalue weighted by Gasteiger charge is 2.14. The fourth-order valence-electron chi connectivity index (χ4n) is 4.16. The van der Waals surface area contributed by atoms with Gasteiger partial charge in [0.1, 0.15) is 25.0 Å². The molecule has 0 spiro atoms. The number of pyridine rings is 1. The van der Waals surface area contributed by atoms with Crippen LogP contribution >= 0.6 is 23.2 Å². The molecular weight excluding hydrogens is 521 g/mol. The first-order valence-electron chi connectivity index (χ1n) is 11.9. The van der Waals surface area contributed by atoms with Crippen molar-refractivity contribution >= 4 is 56.3 Å². The van der Waals surface area contributed by atoms with Crippen LogP contribution < -0.4 is 19.5 Å². The minimum atomic E-state index is 0.369. The molecule has 0 bridgehead atoms. The minimum Gasteiger partial charge on any atom is -0.493 e. The van der Waals surface area contributed by atoms with E-state index in [1.165, 1.54) is 0 Å². The van der Waals surface area contributed by atoms with Gasteiger partial charge in [0.25, 0.3) is 0 Å². The average Bonchev–Trinajstić information content (AvgIpc) is 2.95. The lowest BCUT2D eigenvalue weighted by molar-refractivity contribution is 0.306. The van der Waals surface area contributed by atoms with E-state index in [4.69, 9.17) is 37.4 Å². The van der Waals surface area contributed by atoms with Crippen LogP contribution in [0.1, 0.15) is 11.1 Å². The Kier molecular flexibility index (Phi) is 7.69. The van der Waals surface area contributed by atoms with Crippen molar-refractivity contribution in [2.45, 2.75) is 6.61 Å². The average molecular weight is 544 g/mol. The third kappa shape index (κ3) is 5.40. The van der Waals surface area contributed by atoms with Gasteiger partial charge in [0.15, 0.2) is 11.5 Å². The first-order chi connectivity index (χ1) is 18.6. The quantitative estimate of drug-likeness (QED) is 0.150. The van der Waals surface area contributed by atoms with Gasteiger partial charge in [0.2, 0.25) is 0 Å². The van der Waals surface area contributed by atoms with E-state index in [0.717, 1.165) is 27.2 Å². The van der Waals surface area contributed by atoms with Crippen LogP contribution in [0, 0.1) is 11.3 Å². The molecule has 0 fully saturated rings. The van der Waals surface area contributed by atoms with Gasteiger partial charge >= 0.3 is 0 Å². The Labute approximate surface area is 230 Å². The van der Waals surface area contributed by atoms with E-state index in [9.17, 15) is 5.26 Å². The van der Waals surface area contributed by atoms with Gasteiger partial charge in [-0.1, -0.05) is 41.9 Å². The molecule has 1 heterocycles. The standard InChI is InChI=1S/C30H23Cl2N3O3/c1-36-28-13-20-11-24-26(12-21(20)14-29(28)37-10-9-31)34-17-22(16-33)30(24)35-23-7-8-27(25(32)15-23)38-18-19-5-3-2-4-6-19/h2-8,11-15,17H,9-10,18H2,1H3,(H,34,35). The Bertz CT molecular complexity index is 1650. The van der Waals surface area contributed by atoms with Crippen molar-refractivity contribution in [3.05, 3.63) is 95.1 Å². The van der Waals surface area contributed by atoms with E-state index >= 15 is 0 Å². The zero-order valence-electron chi connectivity index (χ0n) is 20.5. The third-order valence-electron chi connectivity index (χ3n) is 6.00. The van der Waals surface area contributed by atoms with Crippen molar-refractivity contribution < 1.29 is 14.2 Å². The summed E-state index contributed by atoms with van der Waals surface area (Å²) in [4.78, 5) is 4.52. The van der Waals surface area contributed by atoms with E-state index in [0.29, 0.717) is 58.3 Å². The number of fused-ring (bicyclic) bond motifs is 2. The number of alkyl halides is 1. The molecule has 0 aliphatic carbocycles. The molecule has 8 heteroatoms. The van der Waals surface area contributed by atoms with Gasteiger partial charge in [-0.2, -0.15) is 5.26 Å². The number of ether oxygens (including phenoxy) is 3. The molecule has 1 aromatic heterocycles. The van der Waals surface area contributed by atoms with Crippen molar-refractivity contribution in [1.29, 1.82) is 5.26 Å². The number of nitrogens with zero attached hydrogens (tertiary/aromatic N) is 2. The molecular formula is C30H23Cl2N3O3. The van der Waals surface area contributed by atoms with E-state index in [2.05, 4.69) is 16.4 Å². The molecule has 5 rings (SSSR count). The maximum Gasteiger partial charge on any atom is 0.161 e. The molecule has 0 atom stereocenters. The Morgan fingerprint density at radius 3 is 2.45 bits per heavy atom. The van der Waals surface area contributed by atoms with Crippen LogP contribution in [0.15, 0.2) is 79.0 Å². The number of anilines is 2. The normalized spacial score (nSPS) is 10.8. The molecule has 0 saturated heterocycles. The minimum absolute atomic E-state index is 0.369. The fourth-order valence-corrected chi connectivity index (χ4v) is 4.47. The third-order valence-corrected chi connectivity index (χ3v) is 6.45. The topological polar surface area (TPSA) is 76.4 Å². The fraction of sp³-hybridized carbons (Fsp3) is 0.133. The lowest BCUT2D eigenvalue weighted by atomic mass is 10.0. The molecule has 0 aliphatic heterocycles. The molecule has 0 unspecified atom stereocenters. The first-order valence-corrected chi connectivity index (χ1v) is 12.8. The monoisotopic (exact) mass is 543 g/mol. The van der Waals surface area contributed by atoms with Gasteiger partial charge in [0.05, 0.1) is 34.8 Å². The summed E-state index contributed by atoms with van der Waals surface area (Å²) in [5.41, 5.74) is 3.53. The number of benzene rings is 4. The van der Waals surface area contributed by atoms with E-state index < -0.39 is 0 Å². The molecule has 190 valence electrons. The Morgan fingerprint density at radius 1 is 0.921 bits per heavy atom. The number of rotatable bonds is 9. The maximum absolute atomic E-state index is 9.82. The van der Waals surface area contributed by atoms with E-state index in [1.807, 2.05) is 66.7 Å². The summed E-state index contributed by atoms with van der Waals surface area (Å²) in [7, 11) is 1.59. The Balaban J connectivity index is 1.49. The van der Waals surface area contributed by atoms with Crippen LogP contribution in [0.3, 0.4) is 0 Å². The lowest BCUT2D eigenvalue weighted by Crippen LogP contribution is -2.00. The predicted octanol–water partition coefficient (Wildman–Crippen LogP) is 7.86. The number of hydrogen-bond acceptors (Lipinski definition) is 6. The number of methoxy groups -OCH3 is 1. The first kappa shape index (κ1) is 25.5. The number of halogens is 2. The molecule has 0 amide bonds. The van der Waals surface area contributed by atoms with Crippen molar-refractivity contribution in [2.24, 2.45) is 0 Å². The molecule has 6 nitrogen and oxygen atoms in total. The van der Waals surface area contributed by atoms with Crippen molar-refractivity contribution in [2.75, 3.05) is 24.9 Å². The second-order valence-electron chi connectivity index (χ2n) is 8.46. The second-order valence-corrected chi connectivity index (χ2v) is 9.25. The summed E-state index contributed by atoms with van der Waals surface area (Å²) in [5.74, 6) is 2.15. The van der Waals surface area contributed by atoms with Crippen LogP contribution in [0.25, 0.3) is 21.7 Å². The van der Waals surface area contributed by atoms with Gasteiger partial charge < -0.3 is 19.5 Å². The second kappa shape index (κ2) is 11.5. The molecule has 4 aromatic carbocycles. The summed E-state index contributed by atoms with van der Waals surface area (Å²) in [6.07, 6.45) is 1.56. The van der Waals surface area contributed by atoms with E-state index in [-0.39, 0.29) is 0 Å². The largest absolute Gasteiger partial charge is 0.493 e. The van der Waals surface area contributed by atoms with Crippen LogP contribution in [0.2, 0.25) is 5.02 Å². The van der Waals surface area contributed by atoms with Gasteiger partial charge in [0, 0.05) is 17.3 Å². The highest BCUT2D eigenvalue weighted by Crippen LogP contribution is 2.38. The van der Waals surface area contributed by atoms with Crippen molar-refractivity contribution in [3.63, 3.8) is 0 Å². The summed E-state index contributed by atoms with van der Waals surface area (Å²) in [6.45, 7) is 0.781. The molecule has 0 saturated carbocycles. The number of nitrogens with one attached hydrogen (secondary N) is 1. The maximum atomic E-state index is 9.82. The van der Waals surface area contributed by atoms with Gasteiger partial charge in [-0.25, -0.2) is 0 Å². The van der Waals surface area contributed by atoms with Crippen LogP contribution in [-0.2, 0) is 6.61 Å². The predicted molar refractivity (Wildman–Crippen MR) is 152 cm³/mol. The number of nitriles is 1. The van der Waals surface area contributed by atoms with Crippen LogP contribution in [0.4, 0.5) is 11.4 Å². The molecule has 0 aliphatic rings. The van der Waals surface area contributed by atoms with Crippen molar-refractivity contribution in [1.82, 2.24) is 4.98 Å². The van der Waals surface area contributed by atoms with Crippen LogP contribution in [-0.4, -0.2) is 24.6 Å². The Hall–Kier alpha value is -4.18. The Morgan fingerprint density at radius 2 is 1.71 bits per heavy atom. The van der Waals surface area contributed by atoms with Gasteiger partial charge in [-0.3, -0.25) is 4.98 Å². The van der Waals surface area contributed by atoms with Crippen molar-refractivity contribution in [3.8, 4) is 23.3 Å².